The lowest BCUT2D eigenvalue weighted by Gasteiger charge is -2.67. The van der Waals surface area contributed by atoms with Crippen LogP contribution in [0.2, 0.25) is 0 Å². The molecule has 1 aromatic rings. The van der Waals surface area contributed by atoms with E-state index in [1.165, 1.54) is 5.56 Å². The van der Waals surface area contributed by atoms with Crippen LogP contribution in [-0.4, -0.2) is 70.6 Å². The van der Waals surface area contributed by atoms with Gasteiger partial charge in [-0.2, -0.15) is 0 Å². The number of aliphatic hydroxyl groups is 3. The number of aliphatic hydroxyl groups excluding tert-OH is 2. The minimum atomic E-state index is -1.37. The van der Waals surface area contributed by atoms with E-state index in [4.69, 9.17) is 4.74 Å². The summed E-state index contributed by atoms with van der Waals surface area (Å²) in [5.41, 5.74) is 1.89. The number of nitrogens with zero attached hydrogens (tertiary/aromatic N) is 2. The van der Waals surface area contributed by atoms with Crippen LogP contribution < -0.4 is 4.90 Å². The fraction of sp³-hybridized carbons (Fsp3) is 0.714. The average molecular weight is 372 g/mol. The normalized spacial score (nSPS) is 56.5. The monoisotopic (exact) mass is 372 g/mol. The zero-order valence-electron chi connectivity index (χ0n) is 16.0. The molecule has 1 saturated carbocycles. The van der Waals surface area contributed by atoms with Crippen LogP contribution in [0.25, 0.3) is 0 Å². The van der Waals surface area contributed by atoms with E-state index in [2.05, 4.69) is 21.9 Å². The van der Waals surface area contributed by atoms with Gasteiger partial charge in [0.25, 0.3) is 0 Å². The van der Waals surface area contributed by atoms with Gasteiger partial charge in [-0.3, -0.25) is 4.90 Å². The number of rotatable bonds is 2. The van der Waals surface area contributed by atoms with Crippen molar-refractivity contribution >= 4 is 5.69 Å². The van der Waals surface area contributed by atoms with E-state index in [1.807, 2.05) is 26.1 Å². The second-order valence-corrected chi connectivity index (χ2v) is 9.27. The smallest absolute Gasteiger partial charge is 0.186 e. The van der Waals surface area contributed by atoms with Gasteiger partial charge in [-0.1, -0.05) is 25.1 Å². The highest BCUT2D eigenvalue weighted by Crippen LogP contribution is 2.71. The van der Waals surface area contributed by atoms with E-state index >= 15 is 0 Å². The summed E-state index contributed by atoms with van der Waals surface area (Å²) in [7, 11) is 3.62. The van der Waals surface area contributed by atoms with E-state index in [0.717, 1.165) is 18.5 Å². The Balaban J connectivity index is 1.65. The van der Waals surface area contributed by atoms with Crippen LogP contribution in [0.15, 0.2) is 24.3 Å². The molecule has 11 atom stereocenters. The first-order chi connectivity index (χ1) is 12.9. The van der Waals surface area contributed by atoms with Crippen molar-refractivity contribution in [3.05, 3.63) is 29.8 Å². The number of ether oxygens (including phenoxy) is 1. The van der Waals surface area contributed by atoms with Crippen molar-refractivity contribution in [1.29, 1.82) is 0 Å². The predicted molar refractivity (Wildman–Crippen MR) is 99.1 cm³/mol. The van der Waals surface area contributed by atoms with Gasteiger partial charge in [0.15, 0.2) is 5.79 Å². The molecule has 3 N–H and O–H groups in total. The number of piperidine rings is 4. The second kappa shape index (κ2) is 4.86. The number of likely N-dealkylation sites (N-methyl/N-ethyl adjacent to an activating group) is 1. The molecular formula is C21H28N2O4. The van der Waals surface area contributed by atoms with Crippen molar-refractivity contribution in [3.8, 4) is 0 Å². The highest BCUT2D eigenvalue weighted by Gasteiger charge is 2.82. The minimum absolute atomic E-state index is 0.0824. The highest BCUT2D eigenvalue weighted by atomic mass is 16.6. The van der Waals surface area contributed by atoms with E-state index in [1.54, 1.807) is 7.11 Å². The maximum absolute atomic E-state index is 11.8. The van der Waals surface area contributed by atoms with Crippen molar-refractivity contribution in [3.63, 3.8) is 0 Å². The van der Waals surface area contributed by atoms with Crippen LogP contribution in [0.4, 0.5) is 5.69 Å². The molecule has 146 valence electrons. The maximum atomic E-state index is 11.8. The first-order valence-corrected chi connectivity index (χ1v) is 10.2. The van der Waals surface area contributed by atoms with Crippen molar-refractivity contribution in [2.75, 3.05) is 19.1 Å². The number of anilines is 1. The largest absolute Gasteiger partial charge is 0.392 e. The molecule has 0 amide bonds. The molecule has 0 aromatic heterocycles. The number of para-hydroxylation sites is 1. The van der Waals surface area contributed by atoms with Crippen molar-refractivity contribution in [2.45, 2.75) is 61.4 Å². The Labute approximate surface area is 159 Å². The fourth-order valence-corrected chi connectivity index (χ4v) is 8.15. The third-order valence-electron chi connectivity index (χ3n) is 8.88. The van der Waals surface area contributed by atoms with Gasteiger partial charge in [0.05, 0.1) is 18.2 Å². The molecule has 7 rings (SSSR count). The summed E-state index contributed by atoms with van der Waals surface area (Å²) in [4.78, 5) is 4.31. The fourth-order valence-electron chi connectivity index (χ4n) is 8.15. The zero-order chi connectivity index (χ0) is 18.9. The molecule has 5 bridgehead atoms. The summed E-state index contributed by atoms with van der Waals surface area (Å²) in [6.07, 6.45) is 0.426. The summed E-state index contributed by atoms with van der Waals surface area (Å²) in [6.45, 7) is 2.05. The number of hydrogen-bond donors (Lipinski definition) is 3. The molecular weight excluding hydrogens is 344 g/mol. The Bertz CT molecular complexity index is 819. The first-order valence-electron chi connectivity index (χ1n) is 10.2. The van der Waals surface area contributed by atoms with Crippen molar-refractivity contribution in [1.82, 2.24) is 4.90 Å². The highest BCUT2D eigenvalue weighted by molar-refractivity contribution is 5.67. The SMILES string of the molecule is CC[C@@H]1[C@@H](O)N2[C@H]3[C@@H]4N(C)c5ccccc5[C@]45C[C@H]2C([C@@H]1C3(O)OC)[C@@H]5O. The quantitative estimate of drug-likeness (QED) is 0.657. The zero-order valence-corrected chi connectivity index (χ0v) is 16.0. The molecule has 3 unspecified atom stereocenters. The summed E-state index contributed by atoms with van der Waals surface area (Å²) in [5, 5.41) is 34.8. The van der Waals surface area contributed by atoms with Crippen LogP contribution in [0, 0.1) is 17.8 Å². The van der Waals surface area contributed by atoms with Crippen LogP contribution in [0.3, 0.4) is 0 Å². The molecule has 6 nitrogen and oxygen atoms in total. The third-order valence-corrected chi connectivity index (χ3v) is 8.88. The average Bonchev–Trinajstić information content (AvgIpc) is 3.08. The van der Waals surface area contributed by atoms with Crippen LogP contribution in [-0.2, 0) is 10.2 Å². The van der Waals surface area contributed by atoms with Crippen molar-refractivity contribution < 1.29 is 20.1 Å². The van der Waals surface area contributed by atoms with Crippen LogP contribution in [0.1, 0.15) is 25.3 Å². The summed E-state index contributed by atoms with van der Waals surface area (Å²) < 4.78 is 5.84. The first kappa shape index (κ1) is 16.7. The molecule has 4 saturated heterocycles. The molecule has 1 aromatic carbocycles. The van der Waals surface area contributed by atoms with Gasteiger partial charge in [-0.15, -0.1) is 0 Å². The van der Waals surface area contributed by atoms with Crippen molar-refractivity contribution in [2.24, 2.45) is 17.8 Å². The van der Waals surface area contributed by atoms with Gasteiger partial charge in [-0.05, 0) is 24.5 Å². The molecule has 27 heavy (non-hydrogen) atoms. The number of fused-ring (bicyclic) bond motifs is 2. The Morgan fingerprint density at radius 3 is 2.67 bits per heavy atom. The number of benzene rings is 1. The van der Waals surface area contributed by atoms with E-state index in [-0.39, 0.29) is 35.9 Å². The van der Waals surface area contributed by atoms with E-state index in [0.29, 0.717) is 0 Å². The Kier molecular flexibility index (Phi) is 3.02. The lowest BCUT2D eigenvalue weighted by molar-refractivity contribution is -0.371. The van der Waals surface area contributed by atoms with Gasteiger partial charge in [0, 0.05) is 49.1 Å². The molecule has 1 spiro atoms. The van der Waals surface area contributed by atoms with E-state index in [9.17, 15) is 15.3 Å². The molecule has 5 heterocycles. The molecule has 1 aliphatic carbocycles. The Morgan fingerprint density at radius 1 is 1.22 bits per heavy atom. The summed E-state index contributed by atoms with van der Waals surface area (Å²) >= 11 is 0. The maximum Gasteiger partial charge on any atom is 0.186 e. The van der Waals surface area contributed by atoms with Crippen LogP contribution >= 0.6 is 0 Å². The summed E-state index contributed by atoms with van der Waals surface area (Å²) in [6, 6.07) is 7.89. The minimum Gasteiger partial charge on any atom is -0.392 e. The van der Waals surface area contributed by atoms with Gasteiger partial charge in [0.2, 0.25) is 0 Å². The second-order valence-electron chi connectivity index (χ2n) is 9.27. The van der Waals surface area contributed by atoms with Gasteiger partial charge in [0.1, 0.15) is 6.23 Å². The van der Waals surface area contributed by atoms with Gasteiger partial charge < -0.3 is 25.0 Å². The van der Waals surface area contributed by atoms with Crippen LogP contribution in [0.5, 0.6) is 0 Å². The topological polar surface area (TPSA) is 76.4 Å². The standard InChI is InChI=1S/C21H28N2O4/c1-4-10-15-14-13-9-20(18(14)24)11-7-5-6-8-12(11)22(2)16(20)17(21(15,26)27-3)23(13)19(10)25/h5-8,10,13-19,24-26H,4,9H2,1-3H3/t10-,13-,14?,15+,16-,17-,18-,19+,20+,21?/m0/s1. The molecule has 6 heteroatoms. The third kappa shape index (κ3) is 1.47. The molecule has 5 fully saturated rings. The van der Waals surface area contributed by atoms with Gasteiger partial charge in [-0.25, -0.2) is 0 Å². The predicted octanol–water partition coefficient (Wildman–Crippen LogP) is 0.499. The van der Waals surface area contributed by atoms with E-state index < -0.39 is 23.5 Å². The van der Waals surface area contributed by atoms with Gasteiger partial charge >= 0.3 is 0 Å². The molecule has 5 aliphatic heterocycles. The number of hydrogen-bond acceptors (Lipinski definition) is 6. The number of methoxy groups -OCH3 is 1. The lowest BCUT2D eigenvalue weighted by Crippen LogP contribution is -2.82. The Morgan fingerprint density at radius 2 is 1.96 bits per heavy atom. The molecule has 6 aliphatic rings. The molecule has 0 radical (unpaired) electrons. The summed E-state index contributed by atoms with van der Waals surface area (Å²) in [5.74, 6) is -1.82. The Hall–Kier alpha value is -1.18. The lowest BCUT2D eigenvalue weighted by atomic mass is 9.59.